The van der Waals surface area contributed by atoms with E-state index in [4.69, 9.17) is 10.2 Å². The van der Waals surface area contributed by atoms with E-state index in [1.54, 1.807) is 0 Å². The average Bonchev–Trinajstić information content (AvgIpc) is 3.55. The second-order valence-electron chi connectivity index (χ2n) is 9.77. The van der Waals surface area contributed by atoms with E-state index in [1.807, 2.05) is 0 Å². The second-order valence-corrected chi connectivity index (χ2v) is 9.77. The molecule has 182 valence electrons. The largest absolute Gasteiger partial charge is 0.366 e. The van der Waals surface area contributed by atoms with E-state index in [-0.39, 0.29) is 0 Å². The molecule has 0 radical (unpaired) electrons. The monoisotopic (exact) mass is 469 g/mol. The van der Waals surface area contributed by atoms with Crippen molar-refractivity contribution >= 4 is 21.8 Å². The third kappa shape index (κ3) is 4.74. The van der Waals surface area contributed by atoms with Gasteiger partial charge in [0.05, 0.1) is 11.0 Å². The summed E-state index contributed by atoms with van der Waals surface area (Å²) in [6.07, 6.45) is 6.24. The van der Waals surface area contributed by atoms with Gasteiger partial charge in [0.2, 0.25) is 0 Å². The Labute approximate surface area is 207 Å². The Hall–Kier alpha value is -3.42. The van der Waals surface area contributed by atoms with Gasteiger partial charge in [0.15, 0.2) is 0 Å². The van der Waals surface area contributed by atoms with Gasteiger partial charge in [-0.2, -0.15) is 10.2 Å². The van der Waals surface area contributed by atoms with Crippen molar-refractivity contribution in [1.82, 2.24) is 34.3 Å². The Balaban J connectivity index is 1.56. The van der Waals surface area contributed by atoms with Crippen molar-refractivity contribution < 1.29 is 0 Å². The maximum absolute atomic E-state index is 5.11. The molecule has 3 heterocycles. The van der Waals surface area contributed by atoms with Crippen LogP contribution in [0, 0.1) is 0 Å². The molecule has 2 aromatic carbocycles. The summed E-state index contributed by atoms with van der Waals surface area (Å²) in [6, 6.07) is 17.1. The number of rotatable bonds is 10. The first-order chi connectivity index (χ1) is 17.0. The summed E-state index contributed by atoms with van der Waals surface area (Å²) >= 11 is 0. The van der Waals surface area contributed by atoms with Crippen molar-refractivity contribution in [3.05, 3.63) is 60.9 Å². The maximum atomic E-state index is 5.11. The van der Waals surface area contributed by atoms with Crippen LogP contribution in [0.15, 0.2) is 60.9 Å². The third-order valence-corrected chi connectivity index (χ3v) is 6.52. The molecule has 3 aromatic heterocycles. The highest BCUT2D eigenvalue weighted by Gasteiger charge is 2.20. The van der Waals surface area contributed by atoms with Crippen molar-refractivity contribution in [3.63, 3.8) is 0 Å². The van der Waals surface area contributed by atoms with E-state index in [0.29, 0.717) is 0 Å². The Morgan fingerprint density at radius 1 is 0.657 bits per heavy atom. The molecule has 0 saturated carbocycles. The van der Waals surface area contributed by atoms with Crippen molar-refractivity contribution in [2.24, 2.45) is 0 Å². The van der Waals surface area contributed by atoms with Gasteiger partial charge in [-0.25, -0.2) is 0 Å². The Morgan fingerprint density at radius 3 is 1.51 bits per heavy atom. The number of aryl methyl sites for hydroxylation is 2. The van der Waals surface area contributed by atoms with Gasteiger partial charge >= 0.3 is 0 Å². The molecule has 0 aliphatic rings. The van der Waals surface area contributed by atoms with Crippen LogP contribution in [0.2, 0.25) is 0 Å². The van der Waals surface area contributed by atoms with E-state index in [2.05, 4.69) is 113 Å². The fourth-order valence-corrected chi connectivity index (χ4v) is 4.82. The normalized spacial score (nSPS) is 12.1. The van der Waals surface area contributed by atoms with Crippen LogP contribution in [-0.4, -0.2) is 75.6 Å². The van der Waals surface area contributed by atoms with Crippen LogP contribution in [0.1, 0.15) is 12.8 Å². The lowest BCUT2D eigenvalue weighted by atomic mass is 10.0. The molecule has 0 bridgehead atoms. The van der Waals surface area contributed by atoms with Crippen molar-refractivity contribution in [2.75, 3.05) is 41.3 Å². The molecule has 0 fully saturated rings. The minimum Gasteiger partial charge on any atom is -0.366 e. The molecule has 0 aliphatic carbocycles. The maximum Gasteiger partial charge on any atom is 0.102 e. The molecule has 5 rings (SSSR count). The zero-order valence-electron chi connectivity index (χ0n) is 21.2. The summed E-state index contributed by atoms with van der Waals surface area (Å²) in [4.78, 5) is 7.79. The first-order valence-electron chi connectivity index (χ1n) is 12.4. The van der Waals surface area contributed by atoms with Crippen LogP contribution in [0.25, 0.3) is 44.3 Å². The SMILES string of the molecule is CN(C)CCCn1nc(-c2c[nH]cc2-c2nn(CCCN(C)C)c3ccccc23)c2ccccc21. The van der Waals surface area contributed by atoms with Crippen LogP contribution in [0.4, 0.5) is 0 Å². The highest BCUT2D eigenvalue weighted by atomic mass is 15.3. The molecule has 0 amide bonds. The smallest absolute Gasteiger partial charge is 0.102 e. The number of fused-ring (bicyclic) bond motifs is 2. The Bertz CT molecular complexity index is 1310. The molecule has 1 N–H and O–H groups in total. The van der Waals surface area contributed by atoms with Crippen LogP contribution < -0.4 is 0 Å². The van der Waals surface area contributed by atoms with Gasteiger partial charge < -0.3 is 14.8 Å². The summed E-state index contributed by atoms with van der Waals surface area (Å²) in [7, 11) is 8.46. The zero-order valence-corrected chi connectivity index (χ0v) is 21.2. The summed E-state index contributed by atoms with van der Waals surface area (Å²) in [5.74, 6) is 0. The number of benzene rings is 2. The number of nitrogens with one attached hydrogen (secondary N) is 1. The number of aromatic amines is 1. The van der Waals surface area contributed by atoms with E-state index >= 15 is 0 Å². The van der Waals surface area contributed by atoms with Gasteiger partial charge in [0.25, 0.3) is 0 Å². The standard InChI is InChI=1S/C28H35N7/c1-32(2)15-9-17-34-25-13-7-5-11-21(25)27(30-34)23-19-29-20-24(23)28-22-12-6-8-14-26(22)35(31-28)18-10-16-33(3)4/h5-8,11-14,19-20,29H,9-10,15-18H2,1-4H3. The topological polar surface area (TPSA) is 57.9 Å². The molecular weight excluding hydrogens is 434 g/mol. The van der Waals surface area contributed by atoms with Crippen LogP contribution in [-0.2, 0) is 13.1 Å². The van der Waals surface area contributed by atoms with Gasteiger partial charge in [-0.05, 0) is 66.3 Å². The minimum absolute atomic E-state index is 0.891. The molecule has 0 saturated heterocycles. The fraction of sp³-hybridized carbons (Fsp3) is 0.357. The van der Waals surface area contributed by atoms with E-state index < -0.39 is 0 Å². The number of H-pyrrole nitrogens is 1. The Morgan fingerprint density at radius 2 is 1.09 bits per heavy atom. The Kier molecular flexibility index (Phi) is 6.70. The number of nitrogens with zero attached hydrogens (tertiary/aromatic N) is 6. The summed E-state index contributed by atoms with van der Waals surface area (Å²) in [5.41, 5.74) is 6.55. The predicted molar refractivity (Wildman–Crippen MR) is 145 cm³/mol. The predicted octanol–water partition coefficient (Wildman–Crippen LogP) is 4.95. The number of aromatic nitrogens is 5. The lowest BCUT2D eigenvalue weighted by molar-refractivity contribution is 0.382. The molecule has 0 spiro atoms. The average molecular weight is 470 g/mol. The van der Waals surface area contributed by atoms with Crippen molar-refractivity contribution in [3.8, 4) is 22.5 Å². The molecule has 7 nitrogen and oxygen atoms in total. The quantitative estimate of drug-likeness (QED) is 0.314. The van der Waals surface area contributed by atoms with E-state index in [1.165, 1.54) is 21.8 Å². The van der Waals surface area contributed by atoms with E-state index in [0.717, 1.165) is 61.5 Å². The van der Waals surface area contributed by atoms with Gasteiger partial charge in [-0.3, -0.25) is 9.36 Å². The van der Waals surface area contributed by atoms with Gasteiger partial charge in [0.1, 0.15) is 11.4 Å². The fourth-order valence-electron chi connectivity index (χ4n) is 4.82. The zero-order chi connectivity index (χ0) is 24.4. The molecule has 0 unspecified atom stereocenters. The minimum atomic E-state index is 0.891. The first-order valence-corrected chi connectivity index (χ1v) is 12.4. The summed E-state index contributed by atoms with van der Waals surface area (Å²) < 4.78 is 4.31. The molecule has 5 aromatic rings. The summed E-state index contributed by atoms with van der Waals surface area (Å²) in [6.45, 7) is 3.86. The van der Waals surface area contributed by atoms with Crippen LogP contribution >= 0.6 is 0 Å². The first kappa shape index (κ1) is 23.3. The molecule has 0 aliphatic heterocycles. The highest BCUT2D eigenvalue weighted by Crippen LogP contribution is 2.38. The lowest BCUT2D eigenvalue weighted by Crippen LogP contribution is -2.15. The van der Waals surface area contributed by atoms with Gasteiger partial charge in [-0.1, -0.05) is 36.4 Å². The van der Waals surface area contributed by atoms with E-state index in [9.17, 15) is 0 Å². The van der Waals surface area contributed by atoms with Crippen molar-refractivity contribution in [2.45, 2.75) is 25.9 Å². The number of hydrogen-bond acceptors (Lipinski definition) is 4. The lowest BCUT2D eigenvalue weighted by Gasteiger charge is -2.09. The van der Waals surface area contributed by atoms with Crippen LogP contribution in [0.5, 0.6) is 0 Å². The van der Waals surface area contributed by atoms with Crippen molar-refractivity contribution in [1.29, 1.82) is 0 Å². The highest BCUT2D eigenvalue weighted by molar-refractivity contribution is 6.02. The molecule has 7 heteroatoms. The summed E-state index contributed by atoms with van der Waals surface area (Å²) in [5, 5.41) is 12.6. The molecule has 35 heavy (non-hydrogen) atoms. The molecule has 0 atom stereocenters. The number of para-hydroxylation sites is 2. The second kappa shape index (κ2) is 10.1. The van der Waals surface area contributed by atoms with Crippen LogP contribution in [0.3, 0.4) is 0 Å². The molecular formula is C28H35N7. The third-order valence-electron chi connectivity index (χ3n) is 6.52. The number of hydrogen-bond donors (Lipinski definition) is 1. The van der Waals surface area contributed by atoms with Gasteiger partial charge in [-0.15, -0.1) is 0 Å². The van der Waals surface area contributed by atoms with Gasteiger partial charge in [0, 0.05) is 47.4 Å².